The molecule has 9 heavy (non-hydrogen) atoms. The average Bonchev–Trinajstić information content (AvgIpc) is 1.90. The molecule has 0 bridgehead atoms. The van der Waals surface area contributed by atoms with Gasteiger partial charge in [0.1, 0.15) is 5.75 Å². The lowest BCUT2D eigenvalue weighted by molar-refractivity contribution is 0.475. The van der Waals surface area contributed by atoms with Crippen molar-refractivity contribution in [2.75, 3.05) is 0 Å². The Morgan fingerprint density at radius 1 is 1.22 bits per heavy atom. The maximum atomic E-state index is 10.2. The van der Waals surface area contributed by atoms with E-state index in [0.29, 0.717) is 0 Å². The Labute approximate surface area is 54.3 Å². The van der Waals surface area contributed by atoms with Gasteiger partial charge in [0.2, 0.25) is 0 Å². The van der Waals surface area contributed by atoms with Gasteiger partial charge in [0.15, 0.2) is 0 Å². The topological polar surface area (TPSA) is 37.3 Å². The molecule has 1 aromatic carbocycles. The Morgan fingerprint density at radius 2 is 1.78 bits per heavy atom. The highest BCUT2D eigenvalue weighted by Crippen LogP contribution is 2.05. The van der Waals surface area contributed by atoms with Crippen molar-refractivity contribution < 1.29 is 9.67 Å². The molecule has 0 spiro atoms. The number of hydrogen-bond donors (Lipinski definition) is 1. The first-order valence-electron chi connectivity index (χ1n) is 2.57. The summed E-state index contributed by atoms with van der Waals surface area (Å²) in [5.41, 5.74) is 0. The minimum Gasteiger partial charge on any atom is -0.508 e. The summed E-state index contributed by atoms with van der Waals surface area (Å²) in [6.07, 6.45) is 0. The minimum absolute atomic E-state index is 0.214. The lowest BCUT2D eigenvalue weighted by Gasteiger charge is -1.89. The van der Waals surface area contributed by atoms with Crippen LogP contribution in [-0.2, 0) is 4.57 Å². The molecule has 0 fully saturated rings. The zero-order chi connectivity index (χ0) is 6.69. The minimum atomic E-state index is -0.860. The first-order chi connectivity index (χ1) is 4.33. The number of aromatic hydroxyl groups is 1. The van der Waals surface area contributed by atoms with Gasteiger partial charge in [-0.05, 0) is 24.3 Å². The van der Waals surface area contributed by atoms with Gasteiger partial charge < -0.3 is 9.67 Å². The van der Waals surface area contributed by atoms with E-state index < -0.39 is 8.46 Å². The fourth-order valence-electron chi connectivity index (χ4n) is 0.553. The van der Waals surface area contributed by atoms with E-state index in [9.17, 15) is 4.57 Å². The maximum Gasteiger partial charge on any atom is 0.115 e. The van der Waals surface area contributed by atoms with Crippen molar-refractivity contribution in [3.05, 3.63) is 24.3 Å². The van der Waals surface area contributed by atoms with E-state index >= 15 is 0 Å². The summed E-state index contributed by atoms with van der Waals surface area (Å²) in [6, 6.07) is 6.36. The van der Waals surface area contributed by atoms with Gasteiger partial charge in [-0.25, -0.2) is 0 Å². The van der Waals surface area contributed by atoms with Crippen LogP contribution in [0.25, 0.3) is 0 Å². The van der Waals surface area contributed by atoms with Crippen molar-refractivity contribution in [1.29, 1.82) is 0 Å². The van der Waals surface area contributed by atoms with Gasteiger partial charge in [-0.3, -0.25) is 0 Å². The van der Waals surface area contributed by atoms with Crippen LogP contribution in [0.4, 0.5) is 0 Å². The lowest BCUT2D eigenvalue weighted by Crippen LogP contribution is -1.85. The standard InChI is InChI=1S/C6H7O2P/c7-5-1-3-6(9-8)4-2-5/h1-4,7H,9H2. The van der Waals surface area contributed by atoms with Crippen LogP contribution in [-0.4, -0.2) is 5.11 Å². The largest absolute Gasteiger partial charge is 0.508 e. The number of phenolic OH excluding ortho intramolecular Hbond substituents is 1. The molecule has 0 aliphatic rings. The van der Waals surface area contributed by atoms with Crippen molar-refractivity contribution >= 4 is 13.8 Å². The molecule has 0 amide bonds. The molecule has 3 heteroatoms. The second-order valence-corrected chi connectivity index (χ2v) is 2.61. The highest BCUT2D eigenvalue weighted by molar-refractivity contribution is 7.34. The molecule has 1 aromatic rings. The summed E-state index contributed by atoms with van der Waals surface area (Å²) in [4.78, 5) is 0. The van der Waals surface area contributed by atoms with E-state index in [0.717, 1.165) is 5.30 Å². The molecule has 1 atom stereocenters. The van der Waals surface area contributed by atoms with Gasteiger partial charge in [-0.1, -0.05) is 0 Å². The first kappa shape index (κ1) is 6.37. The summed E-state index contributed by atoms with van der Waals surface area (Å²) >= 11 is 0. The van der Waals surface area contributed by atoms with Crippen molar-refractivity contribution in [1.82, 2.24) is 0 Å². The smallest absolute Gasteiger partial charge is 0.115 e. The molecule has 1 unspecified atom stereocenters. The number of benzene rings is 1. The molecule has 0 heterocycles. The van der Waals surface area contributed by atoms with Crippen LogP contribution in [0, 0.1) is 0 Å². The predicted molar refractivity (Wildman–Crippen MR) is 38.1 cm³/mol. The first-order valence-corrected chi connectivity index (χ1v) is 3.62. The molecule has 0 aliphatic carbocycles. The summed E-state index contributed by atoms with van der Waals surface area (Å²) in [7, 11) is -0.860. The van der Waals surface area contributed by atoms with Crippen molar-refractivity contribution in [2.24, 2.45) is 0 Å². The average molecular weight is 142 g/mol. The normalized spacial score (nSPS) is 10.7. The van der Waals surface area contributed by atoms with Crippen LogP contribution >= 0.6 is 8.46 Å². The van der Waals surface area contributed by atoms with Crippen LogP contribution in [0.2, 0.25) is 0 Å². The molecule has 0 saturated carbocycles. The number of hydrogen-bond acceptors (Lipinski definition) is 2. The second kappa shape index (κ2) is 2.70. The quantitative estimate of drug-likeness (QED) is 0.588. The number of phenols is 1. The highest BCUT2D eigenvalue weighted by atomic mass is 31.1. The van der Waals surface area contributed by atoms with Gasteiger partial charge in [-0.15, -0.1) is 0 Å². The fraction of sp³-hybridized carbons (Fsp3) is 0. The summed E-state index contributed by atoms with van der Waals surface area (Å²) < 4.78 is 10.2. The third-order valence-corrected chi connectivity index (χ3v) is 1.69. The summed E-state index contributed by atoms with van der Waals surface area (Å²) in [5, 5.41) is 9.54. The molecule has 0 aromatic heterocycles. The van der Waals surface area contributed by atoms with E-state index in [1.165, 1.54) is 12.1 Å². The molecule has 0 saturated heterocycles. The van der Waals surface area contributed by atoms with Crippen molar-refractivity contribution in [3.8, 4) is 5.75 Å². The third-order valence-electron chi connectivity index (χ3n) is 1.03. The second-order valence-electron chi connectivity index (χ2n) is 1.71. The third kappa shape index (κ3) is 1.58. The van der Waals surface area contributed by atoms with Crippen LogP contribution in [0.1, 0.15) is 0 Å². The van der Waals surface area contributed by atoms with Crippen LogP contribution in [0.15, 0.2) is 24.3 Å². The van der Waals surface area contributed by atoms with E-state index in [-0.39, 0.29) is 5.75 Å². The SMILES string of the molecule is O=[PH2]c1ccc(O)cc1. The zero-order valence-electron chi connectivity index (χ0n) is 4.74. The Hall–Kier alpha value is -0.750. The van der Waals surface area contributed by atoms with Gasteiger partial charge in [0.05, 0.1) is 8.46 Å². The Kier molecular flexibility index (Phi) is 1.91. The monoisotopic (exact) mass is 142 g/mol. The summed E-state index contributed by atoms with van der Waals surface area (Å²) in [5.74, 6) is 0.214. The molecule has 2 nitrogen and oxygen atoms in total. The highest BCUT2D eigenvalue weighted by Gasteiger charge is 1.86. The molecule has 1 rings (SSSR count). The molecular weight excluding hydrogens is 135 g/mol. The van der Waals surface area contributed by atoms with Gasteiger partial charge in [-0.2, -0.15) is 0 Å². The van der Waals surface area contributed by atoms with Crippen LogP contribution in [0.5, 0.6) is 5.75 Å². The van der Waals surface area contributed by atoms with E-state index in [2.05, 4.69) is 0 Å². The van der Waals surface area contributed by atoms with E-state index in [4.69, 9.17) is 5.11 Å². The Balaban J connectivity index is 3.01. The van der Waals surface area contributed by atoms with Gasteiger partial charge >= 0.3 is 0 Å². The van der Waals surface area contributed by atoms with Gasteiger partial charge in [0, 0.05) is 5.30 Å². The number of rotatable bonds is 1. The van der Waals surface area contributed by atoms with Crippen molar-refractivity contribution in [2.45, 2.75) is 0 Å². The van der Waals surface area contributed by atoms with Crippen molar-refractivity contribution in [3.63, 3.8) is 0 Å². The molecular formula is C6H7O2P. The fourth-order valence-corrected chi connectivity index (χ4v) is 0.902. The Morgan fingerprint density at radius 3 is 2.22 bits per heavy atom. The molecule has 48 valence electrons. The van der Waals surface area contributed by atoms with Crippen LogP contribution in [0.3, 0.4) is 0 Å². The predicted octanol–water partition coefficient (Wildman–Crippen LogP) is 0.774. The summed E-state index contributed by atoms with van der Waals surface area (Å²) in [6.45, 7) is 0. The van der Waals surface area contributed by atoms with E-state index in [1.54, 1.807) is 12.1 Å². The molecule has 0 radical (unpaired) electrons. The van der Waals surface area contributed by atoms with Crippen LogP contribution < -0.4 is 5.30 Å². The Bertz CT molecular complexity index is 205. The molecule has 0 aliphatic heterocycles. The lowest BCUT2D eigenvalue weighted by atomic mass is 10.3. The van der Waals surface area contributed by atoms with Gasteiger partial charge in [0.25, 0.3) is 0 Å². The molecule has 1 N–H and O–H groups in total. The zero-order valence-corrected chi connectivity index (χ0v) is 5.90. The van der Waals surface area contributed by atoms with E-state index in [1.807, 2.05) is 0 Å². The maximum absolute atomic E-state index is 10.2.